The number of methoxy groups -OCH3 is 6. The van der Waals surface area contributed by atoms with Crippen LogP contribution in [0.4, 0.5) is 0 Å². The van der Waals surface area contributed by atoms with Gasteiger partial charge in [0.1, 0.15) is 77.4 Å². The standard InChI is InChI=1S/C23H42N2O8PSi2.C21H19ClO2.C16H24N3O7P2.C12H18N2O6P.C11H16N2O7P.C4H6N2.CH2N4/c1-14(2)35(15(3)4)30-13-18-20(32-36(33-35,16(5)6)17(7)8)21(29-9)22(31-18)24-12-11-19(26)25(23(24)27)34(10)28;1-23-19-12-8-17(9-13-19)21(22,16-6-4-3-5-7-16)18-10-14-20(24-2)15-11-18;1-5-11-13(26-28(4)24-10-6-8-17)14(23-2)15(25-11)18-9-7-12(20)19(16(18)21)27(3)22;1-4-7-9(16)10(19-2)11(20-7)13-6-5-8(15)14(12(13)17)21(3)18;1-19-9-8(16)6(5-14)20-10(9)12-4-3-7(15)13(11(12)17)21(2)18;1-6-3-2-5-4-6;1-2-4-5-3-1/h11-12,14-18,20-22H,13H2,1-10H3;3-15H,1-2H3;7,9,11,13-15H,5-6,10H2,1-4H3;5-7,9-11,16H,4H2,1-3H3;3-4,6,8-10,14,16H,5H2,1-2H3;2-4H,1H3;1H,(H,2,3,4,5)/q+1;;3*+1;;/t18-,20-,21+,22-;;11-,13-,14+,15-,28?;7-,9-,10+,11-;6-,8-,9+,10-;;/m1.111../s1. The largest absolute Gasteiger partial charge is 0.497 e. The minimum absolute atomic E-state index is 0.120. The molecular formula is C88H127ClN15O30P5Si2+4. The van der Waals surface area contributed by atoms with E-state index in [1.165, 1.54) is 100 Å². The van der Waals surface area contributed by atoms with Gasteiger partial charge in [-0.15, -0.1) is 21.8 Å². The topological polar surface area (TPSA) is 539 Å². The van der Waals surface area contributed by atoms with Crippen LogP contribution in [-0.2, 0) is 90.1 Å². The van der Waals surface area contributed by atoms with Gasteiger partial charge in [-0.05, 0) is 112 Å². The van der Waals surface area contributed by atoms with Crippen molar-refractivity contribution >= 4 is 68.9 Å². The number of hydrogen-bond donors (Lipinski definition) is 4. The smallest absolute Gasteiger partial charge is 0.471 e. The van der Waals surface area contributed by atoms with Crippen molar-refractivity contribution in [1.82, 2.24) is 65.8 Å². The molecule has 0 aliphatic carbocycles. The molecule has 53 heteroatoms. The third kappa shape index (κ3) is 27.5. The summed E-state index contributed by atoms with van der Waals surface area (Å²) in [5, 5.41) is 50.0. The molecule has 9 aromatic rings. The van der Waals surface area contributed by atoms with Gasteiger partial charge in [0.05, 0.1) is 65.1 Å². The molecule has 14 rings (SSSR count). The summed E-state index contributed by atoms with van der Waals surface area (Å²) in [6.07, 6.45) is 1.30. The number of aliphatic hydroxyl groups excluding tert-OH is 3. The van der Waals surface area contributed by atoms with Crippen molar-refractivity contribution in [3.05, 3.63) is 253 Å². The number of imidazole rings is 1. The maximum atomic E-state index is 13.2. The molecule has 11 heterocycles. The van der Waals surface area contributed by atoms with Crippen molar-refractivity contribution in [1.29, 1.82) is 5.26 Å². The lowest BCUT2D eigenvalue weighted by Crippen LogP contribution is -2.65. The van der Waals surface area contributed by atoms with Gasteiger partial charge in [0.15, 0.2) is 66.3 Å². The van der Waals surface area contributed by atoms with Gasteiger partial charge >= 0.3 is 71.7 Å². The van der Waals surface area contributed by atoms with E-state index in [1.54, 1.807) is 40.5 Å². The first-order chi connectivity index (χ1) is 67.0. The molecule has 5 fully saturated rings. The van der Waals surface area contributed by atoms with E-state index in [2.05, 4.69) is 81.0 Å². The van der Waals surface area contributed by atoms with E-state index in [-0.39, 0.29) is 47.9 Å². The molecule has 45 nitrogen and oxygen atoms in total. The van der Waals surface area contributed by atoms with Crippen molar-refractivity contribution in [2.24, 2.45) is 7.05 Å². The Morgan fingerprint density at radius 2 is 0.929 bits per heavy atom. The summed E-state index contributed by atoms with van der Waals surface area (Å²) in [6, 6.07) is 32.4. The number of nitrogens with one attached hydrogen (secondary N) is 1. The van der Waals surface area contributed by atoms with Crippen molar-refractivity contribution in [2.75, 3.05) is 95.8 Å². The van der Waals surface area contributed by atoms with Gasteiger partial charge in [-0.3, -0.25) is 37.4 Å². The molecule has 0 bridgehead atoms. The monoisotopic (exact) mass is 2120 g/mol. The third-order valence-corrected chi connectivity index (χ3v) is 39.3. The number of tetrazole rings is 1. The minimum atomic E-state index is -2.92. The van der Waals surface area contributed by atoms with Crippen molar-refractivity contribution in [3.8, 4) is 17.6 Å². The maximum Gasteiger partial charge on any atom is 0.471 e. The fourth-order valence-corrected chi connectivity index (χ4v) is 31.9. The lowest BCUT2D eigenvalue weighted by molar-refractivity contribution is -0.0641. The molecule has 0 amide bonds. The highest BCUT2D eigenvalue weighted by Crippen LogP contribution is 2.51. The Balaban J connectivity index is 0.000000212. The number of nitrogens with zero attached hydrogens (tertiary/aromatic N) is 14. The average molecular weight is 2120 g/mol. The van der Waals surface area contributed by atoms with Gasteiger partial charge in [-0.1, -0.05) is 129 Å². The van der Waals surface area contributed by atoms with Crippen molar-refractivity contribution in [2.45, 2.75) is 214 Å². The summed E-state index contributed by atoms with van der Waals surface area (Å²) in [4.78, 5) is 101. The average Bonchev–Trinajstić information content (AvgIpc) is 1.70. The molecule has 5 aliphatic rings. The number of rotatable bonds is 29. The molecule has 770 valence electrons. The van der Waals surface area contributed by atoms with Gasteiger partial charge < -0.3 is 89.3 Å². The van der Waals surface area contributed by atoms with Crippen LogP contribution in [0, 0.1) is 11.3 Å². The second kappa shape index (κ2) is 54.0. The number of aromatic nitrogens is 14. The van der Waals surface area contributed by atoms with Crippen LogP contribution in [0.25, 0.3) is 0 Å². The SMILES string of the molecule is CC[C@H]1O[C@@H](n2ccc(=O)n([P+](C)=O)c2=O)[C@@H](OC)[C@@H]1O.CC[C@H]1O[C@@H](n2ccc(=O)n([P+](C)=O)c2=O)[C@@H](OC)[C@@H]1OP(C)OCCC#N.CO[C@H]1[C@@H]2O[Si](C(C)C)(C(C)C)O[Si](C(C)C)(C(C)C)OC[C@H]2O[C@H]1n1ccc(=O)n([P+](C)=O)c1=O.CO[C@H]1[C@H](O)[C@@H](CO)O[C@H]1n1ccc(=O)n([P+](C)=O)c1=O.COc1ccc(C(Cl)(c2ccccc2)c2ccc(OC)cc2)cc1.Cn1ccnc1.c1nn[nH]n1. The molecule has 5 saturated heterocycles. The fourth-order valence-electron chi connectivity index (χ4n) is 16.5. The molecule has 3 aromatic carbocycles. The lowest BCUT2D eigenvalue weighted by Gasteiger charge is -2.51. The zero-order valence-electron chi connectivity index (χ0n) is 82.5. The van der Waals surface area contributed by atoms with Crippen LogP contribution < -0.4 is 54.5 Å². The molecule has 6 aromatic heterocycles. The molecule has 0 spiro atoms. The number of aryl methyl sites for hydroxylation is 1. The van der Waals surface area contributed by atoms with E-state index in [1.807, 2.05) is 117 Å². The number of H-pyrrole nitrogens is 1. The number of nitriles is 1. The third-order valence-electron chi connectivity index (χ3n) is 23.6. The van der Waals surface area contributed by atoms with Crippen molar-refractivity contribution < 1.29 is 103 Å². The maximum absolute atomic E-state index is 13.2. The second-order valence-corrected chi connectivity index (χ2v) is 49.7. The Kier molecular flexibility index (Phi) is 44.8. The molecule has 0 saturated carbocycles. The number of ether oxygens (including phenoxy) is 10. The predicted octanol–water partition coefficient (Wildman–Crippen LogP) is 9.17. The Hall–Kier alpha value is -9.34. The molecule has 141 heavy (non-hydrogen) atoms. The second-order valence-electron chi connectivity index (χ2n) is 33.6. The van der Waals surface area contributed by atoms with Crippen LogP contribution in [0.3, 0.4) is 0 Å². The van der Waals surface area contributed by atoms with Crippen LogP contribution in [-0.4, -0.2) is 267 Å². The highest BCUT2D eigenvalue weighted by Gasteiger charge is 2.63. The number of benzene rings is 3. The Bertz CT molecular complexity index is 5940. The Morgan fingerprint density at radius 1 is 0.539 bits per heavy atom. The quantitative estimate of drug-likeness (QED) is 0.0111. The molecule has 0 radical (unpaired) electrons. The molecule has 21 atom stereocenters. The van der Waals surface area contributed by atoms with Gasteiger partial charge in [-0.25, -0.2) is 24.2 Å². The number of alkyl halides is 1. The van der Waals surface area contributed by atoms with Crippen molar-refractivity contribution in [3.63, 3.8) is 0 Å². The zero-order valence-corrected chi connectivity index (χ0v) is 89.7. The summed E-state index contributed by atoms with van der Waals surface area (Å²) >= 11 is 7.22. The van der Waals surface area contributed by atoms with Gasteiger partial charge in [-0.2, -0.15) is 10.5 Å². The van der Waals surface area contributed by atoms with Gasteiger partial charge in [0.25, 0.3) is 22.2 Å². The number of aliphatic hydroxyl groups is 3. The summed E-state index contributed by atoms with van der Waals surface area (Å²) < 4.78 is 145. The summed E-state index contributed by atoms with van der Waals surface area (Å²) in [7, 11) is -4.70. The van der Waals surface area contributed by atoms with E-state index in [9.17, 15) is 66.8 Å². The van der Waals surface area contributed by atoms with E-state index in [0.717, 1.165) is 53.8 Å². The molecule has 4 N–H and O–H groups in total. The van der Waals surface area contributed by atoms with E-state index >= 15 is 0 Å². The number of aromatic amines is 1. The first-order valence-corrected chi connectivity index (χ1v) is 57.3. The first kappa shape index (κ1) is 117. The lowest BCUT2D eigenvalue weighted by atomic mass is 9.84. The van der Waals surface area contributed by atoms with Crippen LogP contribution in [0.2, 0.25) is 22.2 Å². The van der Waals surface area contributed by atoms with Crippen LogP contribution in [0.1, 0.15) is 130 Å². The van der Waals surface area contributed by atoms with Gasteiger partial charge in [0, 0.05) is 104 Å². The van der Waals surface area contributed by atoms with Crippen LogP contribution in [0.15, 0.2) is 191 Å². The highest BCUT2D eigenvalue weighted by molar-refractivity contribution is 7.46. The summed E-state index contributed by atoms with van der Waals surface area (Å²) in [5.74, 6) is 1.61. The van der Waals surface area contributed by atoms with Crippen LogP contribution >= 0.6 is 51.8 Å². The van der Waals surface area contributed by atoms with E-state index in [4.69, 9.17) is 91.4 Å². The number of fused-ring (bicyclic) bond motifs is 1. The molecule has 5 aliphatic heterocycles. The zero-order chi connectivity index (χ0) is 104. The Labute approximate surface area is 825 Å². The van der Waals surface area contributed by atoms with Gasteiger partial charge in [0.2, 0.25) is 0 Å². The number of halogens is 1. The Morgan fingerprint density at radius 3 is 1.26 bits per heavy atom. The molecule has 5 unspecified atom stereocenters. The predicted molar refractivity (Wildman–Crippen MR) is 527 cm³/mol. The van der Waals surface area contributed by atoms with E-state index in [0.29, 0.717) is 25.9 Å². The summed E-state index contributed by atoms with van der Waals surface area (Å²) in [5.41, 5.74) is -2.02. The number of hydrogen-bond acceptors (Lipinski definition) is 35. The first-order valence-electron chi connectivity index (χ1n) is 44.8. The highest BCUT2D eigenvalue weighted by atomic mass is 35.5. The summed E-state index contributed by atoms with van der Waals surface area (Å²) in [6.45, 7) is 27.8. The normalized spacial score (nSPS) is 23.8. The molecular weight excluding hydrogens is 1990 g/mol. The fraction of sp³-hybridized carbons (Fsp3) is 0.557. The van der Waals surface area contributed by atoms with E-state index < -0.39 is 206 Å². The minimum Gasteiger partial charge on any atom is -0.497 e. The van der Waals surface area contributed by atoms with Crippen LogP contribution in [0.5, 0.6) is 11.5 Å².